The third kappa shape index (κ3) is 7.23. The van der Waals surface area contributed by atoms with Crippen LogP contribution in [0.15, 0.2) is 34.2 Å². The molecule has 0 aliphatic carbocycles. The van der Waals surface area contributed by atoms with E-state index in [1.54, 1.807) is 16.4 Å². The predicted octanol–water partition coefficient (Wildman–Crippen LogP) is 3.33. The van der Waals surface area contributed by atoms with Gasteiger partial charge in [-0.25, -0.2) is 13.4 Å². The molecule has 0 saturated carbocycles. The van der Waals surface area contributed by atoms with Gasteiger partial charge in [0.05, 0.1) is 11.4 Å². The molecule has 0 aromatic heterocycles. The fourth-order valence-corrected chi connectivity index (χ4v) is 4.36. The van der Waals surface area contributed by atoms with Crippen LogP contribution in [0.2, 0.25) is 0 Å². The average molecular weight is 508 g/mol. The molecule has 1 aromatic rings. The molecule has 1 aliphatic heterocycles. The van der Waals surface area contributed by atoms with Gasteiger partial charge in [-0.3, -0.25) is 0 Å². The molecule has 1 heterocycles. The molecule has 1 fully saturated rings. The molecule has 1 aliphatic rings. The third-order valence-corrected chi connectivity index (χ3v) is 6.55. The van der Waals surface area contributed by atoms with Gasteiger partial charge in [0, 0.05) is 25.7 Å². The quantitative estimate of drug-likeness (QED) is 0.337. The summed E-state index contributed by atoms with van der Waals surface area (Å²) in [4.78, 5) is 4.96. The van der Waals surface area contributed by atoms with Gasteiger partial charge in [-0.05, 0) is 50.8 Å². The Labute approximate surface area is 181 Å². The minimum absolute atomic E-state index is 0. The van der Waals surface area contributed by atoms with Crippen molar-refractivity contribution in [2.45, 2.75) is 63.9 Å². The third-order valence-electron chi connectivity index (χ3n) is 4.64. The van der Waals surface area contributed by atoms with E-state index >= 15 is 0 Å². The largest absolute Gasteiger partial charge is 0.357 e. The van der Waals surface area contributed by atoms with Crippen molar-refractivity contribution >= 4 is 40.0 Å². The van der Waals surface area contributed by atoms with Crippen molar-refractivity contribution in [3.8, 4) is 0 Å². The Morgan fingerprint density at radius 2 is 1.78 bits per heavy atom. The first-order chi connectivity index (χ1) is 12.5. The van der Waals surface area contributed by atoms with Crippen LogP contribution in [0.4, 0.5) is 0 Å². The maximum Gasteiger partial charge on any atom is 0.243 e. The highest BCUT2D eigenvalue weighted by Crippen LogP contribution is 2.21. The maximum absolute atomic E-state index is 12.7. The van der Waals surface area contributed by atoms with Crippen LogP contribution in [-0.2, 0) is 16.6 Å². The molecule has 0 amide bonds. The van der Waals surface area contributed by atoms with Gasteiger partial charge in [0.2, 0.25) is 10.0 Å². The van der Waals surface area contributed by atoms with Crippen molar-refractivity contribution in [2.75, 3.05) is 19.6 Å². The molecule has 6 nitrogen and oxygen atoms in total. The van der Waals surface area contributed by atoms with Crippen LogP contribution in [0.25, 0.3) is 0 Å². The molecule has 1 unspecified atom stereocenters. The van der Waals surface area contributed by atoms with E-state index in [-0.39, 0.29) is 24.0 Å². The van der Waals surface area contributed by atoms with E-state index in [2.05, 4.69) is 29.5 Å². The number of hydrogen-bond donors (Lipinski definition) is 2. The number of aliphatic imine (C=N–C) groups is 1. The standard InChI is InChI=1S/C19H32N4O2S.HI/c1-4-16(3)22-19(20-5-2)21-15-17-9-11-18(12-10-17)26(24,25)23-13-7-6-8-14-23;/h9-12,16H,4-8,13-15H2,1-3H3,(H2,20,21,22);1H. The number of hydrogen-bond acceptors (Lipinski definition) is 3. The summed E-state index contributed by atoms with van der Waals surface area (Å²) >= 11 is 0. The van der Waals surface area contributed by atoms with Crippen LogP contribution < -0.4 is 10.6 Å². The smallest absolute Gasteiger partial charge is 0.243 e. The Hall–Kier alpha value is -0.870. The zero-order valence-electron chi connectivity index (χ0n) is 16.6. The van der Waals surface area contributed by atoms with Gasteiger partial charge in [-0.2, -0.15) is 4.31 Å². The van der Waals surface area contributed by atoms with Gasteiger partial charge in [0.1, 0.15) is 0 Å². The molecule has 1 saturated heterocycles. The van der Waals surface area contributed by atoms with Crippen molar-refractivity contribution in [1.82, 2.24) is 14.9 Å². The topological polar surface area (TPSA) is 73.8 Å². The molecular formula is C19H33IN4O2S. The van der Waals surface area contributed by atoms with E-state index in [0.717, 1.165) is 43.8 Å². The Kier molecular flexibility index (Phi) is 10.6. The highest BCUT2D eigenvalue weighted by Gasteiger charge is 2.25. The fourth-order valence-electron chi connectivity index (χ4n) is 2.85. The number of rotatable bonds is 7. The lowest BCUT2D eigenvalue weighted by Crippen LogP contribution is -2.41. The summed E-state index contributed by atoms with van der Waals surface area (Å²) in [5.41, 5.74) is 0.990. The van der Waals surface area contributed by atoms with Crippen molar-refractivity contribution in [2.24, 2.45) is 4.99 Å². The minimum atomic E-state index is -3.37. The van der Waals surface area contributed by atoms with E-state index < -0.39 is 10.0 Å². The molecule has 8 heteroatoms. The monoisotopic (exact) mass is 508 g/mol. The Balaban J connectivity index is 0.00000364. The molecule has 2 rings (SSSR count). The van der Waals surface area contributed by atoms with Crippen molar-refractivity contribution in [3.63, 3.8) is 0 Å². The van der Waals surface area contributed by atoms with Gasteiger partial charge in [-0.15, -0.1) is 24.0 Å². The van der Waals surface area contributed by atoms with E-state index in [1.807, 2.05) is 19.1 Å². The van der Waals surface area contributed by atoms with Gasteiger partial charge >= 0.3 is 0 Å². The number of nitrogens with one attached hydrogen (secondary N) is 2. The van der Waals surface area contributed by atoms with Gasteiger partial charge in [0.25, 0.3) is 0 Å². The van der Waals surface area contributed by atoms with Crippen LogP contribution >= 0.6 is 24.0 Å². The second-order valence-electron chi connectivity index (χ2n) is 6.76. The van der Waals surface area contributed by atoms with Crippen LogP contribution in [0, 0.1) is 0 Å². The van der Waals surface area contributed by atoms with Gasteiger partial charge in [0.15, 0.2) is 5.96 Å². The molecule has 2 N–H and O–H groups in total. The second kappa shape index (κ2) is 11.9. The molecule has 154 valence electrons. The number of nitrogens with zero attached hydrogens (tertiary/aromatic N) is 2. The lowest BCUT2D eigenvalue weighted by atomic mass is 10.2. The van der Waals surface area contributed by atoms with E-state index in [9.17, 15) is 8.42 Å². The van der Waals surface area contributed by atoms with Gasteiger partial charge < -0.3 is 10.6 Å². The zero-order valence-corrected chi connectivity index (χ0v) is 19.7. The summed E-state index contributed by atoms with van der Waals surface area (Å²) in [7, 11) is -3.37. The van der Waals surface area contributed by atoms with Crippen LogP contribution in [-0.4, -0.2) is 44.4 Å². The first kappa shape index (κ1) is 24.2. The Bertz CT molecular complexity index is 686. The van der Waals surface area contributed by atoms with Crippen molar-refractivity contribution in [3.05, 3.63) is 29.8 Å². The average Bonchev–Trinajstić information content (AvgIpc) is 2.67. The molecule has 27 heavy (non-hydrogen) atoms. The molecule has 0 radical (unpaired) electrons. The fraction of sp³-hybridized carbons (Fsp3) is 0.632. The summed E-state index contributed by atoms with van der Waals surface area (Å²) in [5, 5.41) is 6.59. The van der Waals surface area contributed by atoms with Crippen molar-refractivity contribution < 1.29 is 8.42 Å². The van der Waals surface area contributed by atoms with E-state index in [1.165, 1.54) is 0 Å². The Morgan fingerprint density at radius 1 is 1.15 bits per heavy atom. The maximum atomic E-state index is 12.7. The van der Waals surface area contributed by atoms with Crippen LogP contribution in [0.5, 0.6) is 0 Å². The normalized spacial score (nSPS) is 17.1. The lowest BCUT2D eigenvalue weighted by Gasteiger charge is -2.25. The Morgan fingerprint density at radius 3 is 2.33 bits per heavy atom. The summed E-state index contributed by atoms with van der Waals surface area (Å²) in [6.07, 6.45) is 4.03. The molecule has 1 atom stereocenters. The SMILES string of the molecule is CCNC(=NCc1ccc(S(=O)(=O)N2CCCCC2)cc1)NC(C)CC.I. The van der Waals surface area contributed by atoms with E-state index in [4.69, 9.17) is 0 Å². The molecule has 1 aromatic carbocycles. The number of piperidine rings is 1. The molecule has 0 bridgehead atoms. The highest BCUT2D eigenvalue weighted by atomic mass is 127. The summed E-state index contributed by atoms with van der Waals surface area (Å²) in [6.45, 7) is 8.85. The van der Waals surface area contributed by atoms with E-state index in [0.29, 0.717) is 30.6 Å². The summed E-state index contributed by atoms with van der Waals surface area (Å²) in [5.74, 6) is 0.784. The zero-order chi connectivity index (χ0) is 19.0. The van der Waals surface area contributed by atoms with Crippen LogP contribution in [0.3, 0.4) is 0 Å². The lowest BCUT2D eigenvalue weighted by molar-refractivity contribution is 0.346. The highest BCUT2D eigenvalue weighted by molar-refractivity contribution is 14.0. The van der Waals surface area contributed by atoms with Gasteiger partial charge in [-0.1, -0.05) is 25.5 Å². The van der Waals surface area contributed by atoms with Crippen molar-refractivity contribution in [1.29, 1.82) is 0 Å². The molecular weight excluding hydrogens is 475 g/mol. The summed E-state index contributed by atoms with van der Waals surface area (Å²) < 4.78 is 27.0. The first-order valence-electron chi connectivity index (χ1n) is 9.61. The second-order valence-corrected chi connectivity index (χ2v) is 8.70. The first-order valence-corrected chi connectivity index (χ1v) is 11.0. The number of benzene rings is 1. The number of guanidine groups is 1. The molecule has 0 spiro atoms. The predicted molar refractivity (Wildman–Crippen MR) is 122 cm³/mol. The number of halogens is 1. The summed E-state index contributed by atoms with van der Waals surface area (Å²) in [6, 6.07) is 7.46. The minimum Gasteiger partial charge on any atom is -0.357 e. The number of sulfonamides is 1. The van der Waals surface area contributed by atoms with Crippen LogP contribution in [0.1, 0.15) is 52.0 Å².